The Labute approximate surface area is 178 Å². The van der Waals surface area contributed by atoms with Crippen molar-refractivity contribution in [1.82, 2.24) is 14.9 Å². The Morgan fingerprint density at radius 3 is 2.77 bits per heavy atom. The van der Waals surface area contributed by atoms with Crippen molar-refractivity contribution in [3.8, 4) is 23.3 Å². The van der Waals surface area contributed by atoms with E-state index in [0.717, 1.165) is 27.2 Å². The van der Waals surface area contributed by atoms with Crippen molar-refractivity contribution in [2.45, 2.75) is 18.4 Å². The number of rotatable bonds is 7. The standard InChI is InChI=1S/C22H20N4O3S/c1-4-6-15-7-8-20(17(11-15)27-2)30-25-22-21-18(28-3)12-16(13-19(21)29-24-22)14-26-10-5-9-23-26/h5,7-13H,14H2,1-3H3,(H,24,25). The lowest BCUT2D eigenvalue weighted by Gasteiger charge is -2.10. The van der Waals surface area contributed by atoms with Gasteiger partial charge in [-0.15, -0.1) is 5.92 Å². The fraction of sp³-hybridized carbons (Fsp3) is 0.182. The first-order chi connectivity index (χ1) is 14.7. The van der Waals surface area contributed by atoms with E-state index in [4.69, 9.17) is 14.0 Å². The minimum Gasteiger partial charge on any atom is -0.496 e. The third kappa shape index (κ3) is 4.07. The number of methoxy groups -OCH3 is 2. The highest BCUT2D eigenvalue weighted by Crippen LogP contribution is 2.37. The first-order valence-electron chi connectivity index (χ1n) is 9.19. The van der Waals surface area contributed by atoms with Crippen molar-refractivity contribution >= 4 is 28.7 Å². The van der Waals surface area contributed by atoms with Crippen molar-refractivity contribution in [3.63, 3.8) is 0 Å². The predicted molar refractivity (Wildman–Crippen MR) is 117 cm³/mol. The van der Waals surface area contributed by atoms with Crippen LogP contribution in [0, 0.1) is 11.8 Å². The number of anilines is 1. The zero-order valence-electron chi connectivity index (χ0n) is 16.8. The zero-order chi connectivity index (χ0) is 20.9. The normalized spacial score (nSPS) is 10.5. The summed E-state index contributed by atoms with van der Waals surface area (Å²) in [6, 6.07) is 11.6. The highest BCUT2D eigenvalue weighted by Gasteiger charge is 2.16. The number of hydrogen-bond acceptors (Lipinski definition) is 7. The van der Waals surface area contributed by atoms with Crippen molar-refractivity contribution in [2.75, 3.05) is 18.9 Å². The minimum atomic E-state index is 0.581. The maximum absolute atomic E-state index is 5.61. The smallest absolute Gasteiger partial charge is 0.191 e. The van der Waals surface area contributed by atoms with E-state index in [1.165, 1.54) is 11.9 Å². The second-order valence-electron chi connectivity index (χ2n) is 6.35. The van der Waals surface area contributed by atoms with Gasteiger partial charge in [0.15, 0.2) is 11.4 Å². The highest BCUT2D eigenvalue weighted by atomic mass is 32.2. The Hall–Kier alpha value is -3.57. The summed E-state index contributed by atoms with van der Waals surface area (Å²) >= 11 is 1.38. The molecule has 4 rings (SSSR count). The second kappa shape index (κ2) is 8.84. The molecular formula is C22H20N4O3S. The lowest BCUT2D eigenvalue weighted by atomic mass is 10.1. The van der Waals surface area contributed by atoms with Gasteiger partial charge in [0.25, 0.3) is 0 Å². The van der Waals surface area contributed by atoms with Gasteiger partial charge in [0.2, 0.25) is 0 Å². The lowest BCUT2D eigenvalue weighted by Crippen LogP contribution is -2.00. The van der Waals surface area contributed by atoms with Crippen LogP contribution in [0.5, 0.6) is 11.5 Å². The topological polar surface area (TPSA) is 74.3 Å². The summed E-state index contributed by atoms with van der Waals surface area (Å²) in [4.78, 5) is 0.907. The number of nitrogens with zero attached hydrogens (tertiary/aromatic N) is 3. The van der Waals surface area contributed by atoms with E-state index in [1.807, 2.05) is 47.3 Å². The number of nitrogens with one attached hydrogen (secondary N) is 1. The van der Waals surface area contributed by atoms with Gasteiger partial charge in [0.1, 0.15) is 16.9 Å². The summed E-state index contributed by atoms with van der Waals surface area (Å²) in [5.41, 5.74) is 2.55. The van der Waals surface area contributed by atoms with Crippen LogP contribution in [0.3, 0.4) is 0 Å². The van der Waals surface area contributed by atoms with Crippen LogP contribution in [0.2, 0.25) is 0 Å². The summed E-state index contributed by atoms with van der Waals surface area (Å²) in [5, 5.41) is 9.21. The Balaban J connectivity index is 1.60. The number of aromatic nitrogens is 3. The van der Waals surface area contributed by atoms with E-state index in [0.29, 0.717) is 23.7 Å². The molecule has 0 bridgehead atoms. The molecule has 0 saturated heterocycles. The zero-order valence-corrected chi connectivity index (χ0v) is 17.6. The van der Waals surface area contributed by atoms with Crippen LogP contribution in [-0.2, 0) is 6.54 Å². The molecular weight excluding hydrogens is 400 g/mol. The molecule has 0 unspecified atom stereocenters. The van der Waals surface area contributed by atoms with Crippen LogP contribution in [0.1, 0.15) is 18.1 Å². The van der Waals surface area contributed by atoms with Gasteiger partial charge in [-0.3, -0.25) is 4.68 Å². The summed E-state index contributed by atoms with van der Waals surface area (Å²) in [6.07, 6.45) is 3.66. The number of ether oxygens (including phenoxy) is 2. The SMILES string of the molecule is CC#Cc1ccc(SNc2noc3cc(Cn4cccn4)cc(OC)c23)c(OC)c1. The number of hydrogen-bond donors (Lipinski definition) is 1. The van der Waals surface area contributed by atoms with Gasteiger partial charge >= 0.3 is 0 Å². The van der Waals surface area contributed by atoms with Crippen LogP contribution >= 0.6 is 11.9 Å². The van der Waals surface area contributed by atoms with Gasteiger partial charge in [0, 0.05) is 18.0 Å². The van der Waals surface area contributed by atoms with Crippen LogP contribution in [0.25, 0.3) is 11.0 Å². The summed E-state index contributed by atoms with van der Waals surface area (Å²) < 4.78 is 21.8. The van der Waals surface area contributed by atoms with Crippen LogP contribution < -0.4 is 14.2 Å². The predicted octanol–water partition coefficient (Wildman–Crippen LogP) is 4.58. The molecule has 2 aromatic carbocycles. The average molecular weight is 420 g/mol. The van der Waals surface area contributed by atoms with Crippen LogP contribution in [0.4, 0.5) is 5.82 Å². The fourth-order valence-electron chi connectivity index (χ4n) is 3.07. The third-order valence-electron chi connectivity index (χ3n) is 4.41. The van der Waals surface area contributed by atoms with Crippen molar-refractivity contribution in [3.05, 3.63) is 59.9 Å². The van der Waals surface area contributed by atoms with E-state index in [9.17, 15) is 0 Å². The molecule has 2 heterocycles. The molecule has 0 aliphatic rings. The summed E-state index contributed by atoms with van der Waals surface area (Å²) in [6.45, 7) is 2.42. The fourth-order valence-corrected chi connectivity index (χ4v) is 3.80. The molecule has 0 radical (unpaired) electrons. The van der Waals surface area contributed by atoms with Gasteiger partial charge < -0.3 is 18.7 Å². The molecule has 0 amide bonds. The molecule has 0 spiro atoms. The molecule has 7 nitrogen and oxygen atoms in total. The van der Waals surface area contributed by atoms with Gasteiger partial charge in [-0.25, -0.2) is 0 Å². The van der Waals surface area contributed by atoms with E-state index in [1.54, 1.807) is 27.3 Å². The molecule has 152 valence electrons. The first-order valence-corrected chi connectivity index (χ1v) is 10.0. The van der Waals surface area contributed by atoms with Gasteiger partial charge in [-0.1, -0.05) is 11.1 Å². The van der Waals surface area contributed by atoms with Gasteiger partial charge in [0.05, 0.1) is 25.7 Å². The number of fused-ring (bicyclic) bond motifs is 1. The monoisotopic (exact) mass is 420 g/mol. The van der Waals surface area contributed by atoms with E-state index >= 15 is 0 Å². The van der Waals surface area contributed by atoms with Crippen molar-refractivity contribution < 1.29 is 14.0 Å². The van der Waals surface area contributed by atoms with Crippen molar-refractivity contribution in [1.29, 1.82) is 0 Å². The average Bonchev–Trinajstić information content (AvgIpc) is 3.42. The minimum absolute atomic E-state index is 0.581. The molecule has 0 aliphatic carbocycles. The van der Waals surface area contributed by atoms with Crippen LogP contribution in [0.15, 0.2) is 58.2 Å². The Kier molecular flexibility index (Phi) is 5.82. The van der Waals surface area contributed by atoms with Crippen LogP contribution in [-0.4, -0.2) is 29.2 Å². The highest BCUT2D eigenvalue weighted by molar-refractivity contribution is 8.00. The summed E-state index contributed by atoms with van der Waals surface area (Å²) in [5.74, 6) is 7.91. The molecule has 4 aromatic rings. The van der Waals surface area contributed by atoms with E-state index < -0.39 is 0 Å². The first kappa shape index (κ1) is 19.7. The molecule has 8 heteroatoms. The lowest BCUT2D eigenvalue weighted by molar-refractivity contribution is 0.404. The molecule has 30 heavy (non-hydrogen) atoms. The van der Waals surface area contributed by atoms with Crippen molar-refractivity contribution in [2.24, 2.45) is 0 Å². The molecule has 0 aliphatic heterocycles. The maximum Gasteiger partial charge on any atom is 0.191 e. The largest absolute Gasteiger partial charge is 0.496 e. The Morgan fingerprint density at radius 1 is 1.17 bits per heavy atom. The molecule has 2 aromatic heterocycles. The van der Waals surface area contributed by atoms with E-state index in [2.05, 4.69) is 26.8 Å². The third-order valence-corrected chi connectivity index (χ3v) is 5.26. The van der Waals surface area contributed by atoms with Gasteiger partial charge in [-0.05, 0) is 60.8 Å². The molecule has 0 fully saturated rings. The molecule has 1 N–H and O–H groups in total. The number of benzene rings is 2. The maximum atomic E-state index is 5.61. The second-order valence-corrected chi connectivity index (χ2v) is 7.20. The molecule has 0 atom stereocenters. The summed E-state index contributed by atoms with van der Waals surface area (Å²) in [7, 11) is 3.27. The Morgan fingerprint density at radius 2 is 2.03 bits per heavy atom. The van der Waals surface area contributed by atoms with E-state index in [-0.39, 0.29) is 0 Å². The quantitative estimate of drug-likeness (QED) is 0.346. The molecule has 0 saturated carbocycles. The Bertz CT molecular complexity index is 1220. The van der Waals surface area contributed by atoms with Gasteiger partial charge in [-0.2, -0.15) is 5.10 Å².